The van der Waals surface area contributed by atoms with Crippen LogP contribution >= 0.6 is 11.6 Å². The number of benzene rings is 1. The minimum absolute atomic E-state index is 0.155. The first-order valence-corrected chi connectivity index (χ1v) is 11.3. The molecule has 0 saturated heterocycles. The van der Waals surface area contributed by atoms with Gasteiger partial charge in [0.2, 0.25) is 6.29 Å². The van der Waals surface area contributed by atoms with E-state index in [9.17, 15) is 18.0 Å². The van der Waals surface area contributed by atoms with E-state index >= 15 is 0 Å². The van der Waals surface area contributed by atoms with Crippen molar-refractivity contribution in [3.8, 4) is 0 Å². The van der Waals surface area contributed by atoms with Crippen LogP contribution < -0.4 is 5.32 Å². The number of alkyl halides is 3. The third-order valence-corrected chi connectivity index (χ3v) is 5.06. The minimum atomic E-state index is -4.64. The van der Waals surface area contributed by atoms with Crippen molar-refractivity contribution in [3.63, 3.8) is 0 Å². The van der Waals surface area contributed by atoms with Crippen molar-refractivity contribution in [2.75, 3.05) is 38.2 Å². The van der Waals surface area contributed by atoms with Crippen molar-refractivity contribution in [2.45, 2.75) is 45.8 Å². The van der Waals surface area contributed by atoms with Crippen molar-refractivity contribution < 1.29 is 32.6 Å². The zero-order chi connectivity index (χ0) is 25.7. The molecule has 0 radical (unpaired) electrons. The molecule has 0 spiro atoms. The van der Waals surface area contributed by atoms with Gasteiger partial charge in [-0.1, -0.05) is 18.5 Å². The highest BCUT2D eigenvalue weighted by molar-refractivity contribution is 6.31. The van der Waals surface area contributed by atoms with Crippen LogP contribution in [-0.4, -0.2) is 72.3 Å². The SMILES string of the molecule is CCOC(=O)c1cnc2cc(Cl)ccc2c1NC(C)CCCN(CC)CCO.O=CC(F)(F)F. The summed E-state index contributed by atoms with van der Waals surface area (Å²) in [5.74, 6) is -0.387. The molecule has 0 amide bonds. The van der Waals surface area contributed by atoms with Crippen LogP contribution in [0, 0.1) is 0 Å². The van der Waals surface area contributed by atoms with Crippen LogP contribution in [0.15, 0.2) is 24.4 Å². The van der Waals surface area contributed by atoms with Gasteiger partial charge in [0.05, 0.1) is 24.4 Å². The Kier molecular flexibility index (Phi) is 12.8. The van der Waals surface area contributed by atoms with E-state index in [0.29, 0.717) is 23.7 Å². The Morgan fingerprint density at radius 2 is 2.00 bits per heavy atom. The van der Waals surface area contributed by atoms with Crippen LogP contribution in [0.4, 0.5) is 18.9 Å². The monoisotopic (exact) mass is 505 g/mol. The molecule has 0 aliphatic rings. The number of hydrogen-bond acceptors (Lipinski definition) is 7. The summed E-state index contributed by atoms with van der Waals surface area (Å²) in [6, 6.07) is 5.62. The number of esters is 1. The maximum Gasteiger partial charge on any atom is 0.446 e. The molecule has 0 saturated carbocycles. The van der Waals surface area contributed by atoms with Crippen molar-refractivity contribution in [3.05, 3.63) is 35.0 Å². The second kappa shape index (κ2) is 14.7. The number of anilines is 1. The van der Waals surface area contributed by atoms with Crippen molar-refractivity contribution in [2.24, 2.45) is 0 Å². The number of aliphatic hydroxyl groups excluding tert-OH is 1. The maximum absolute atomic E-state index is 12.4. The number of rotatable bonds is 11. The molecule has 11 heteroatoms. The molecule has 1 atom stereocenters. The van der Waals surface area contributed by atoms with Crippen LogP contribution in [0.1, 0.15) is 44.0 Å². The number of likely N-dealkylation sites (N-methyl/N-ethyl adjacent to an activating group) is 1. The van der Waals surface area contributed by atoms with Gasteiger partial charge in [0, 0.05) is 29.2 Å². The number of fused-ring (bicyclic) bond motifs is 1. The highest BCUT2D eigenvalue weighted by Gasteiger charge is 2.25. The predicted molar refractivity (Wildman–Crippen MR) is 126 cm³/mol. The topological polar surface area (TPSA) is 91.8 Å². The Morgan fingerprint density at radius 3 is 2.56 bits per heavy atom. The molecule has 34 heavy (non-hydrogen) atoms. The van der Waals surface area contributed by atoms with E-state index in [0.717, 1.165) is 42.5 Å². The van der Waals surface area contributed by atoms with Gasteiger partial charge in [-0.05, 0) is 58.0 Å². The molecule has 2 aromatic rings. The first kappa shape index (κ1) is 29.6. The van der Waals surface area contributed by atoms with Crippen LogP contribution in [0.25, 0.3) is 10.9 Å². The number of carbonyl (C=O) groups is 2. The zero-order valence-electron chi connectivity index (χ0n) is 19.5. The number of hydrogen-bond donors (Lipinski definition) is 2. The lowest BCUT2D eigenvalue weighted by molar-refractivity contribution is -0.156. The van der Waals surface area contributed by atoms with Crippen LogP contribution in [0.5, 0.6) is 0 Å². The molecule has 0 aliphatic heterocycles. The van der Waals surface area contributed by atoms with Crippen molar-refractivity contribution >= 4 is 40.4 Å². The number of nitrogens with zero attached hydrogens (tertiary/aromatic N) is 2. The van der Waals surface area contributed by atoms with E-state index in [1.54, 1.807) is 25.3 Å². The molecule has 1 aromatic heterocycles. The normalized spacial score (nSPS) is 12.1. The number of halogens is 4. The fourth-order valence-corrected chi connectivity index (χ4v) is 3.36. The Balaban J connectivity index is 0.000000852. The van der Waals surface area contributed by atoms with Gasteiger partial charge in [0.1, 0.15) is 5.56 Å². The number of ether oxygens (including phenoxy) is 1. The van der Waals surface area contributed by atoms with E-state index in [4.69, 9.17) is 26.2 Å². The second-order valence-corrected chi connectivity index (χ2v) is 7.87. The summed E-state index contributed by atoms with van der Waals surface area (Å²) >= 11 is 6.09. The van der Waals surface area contributed by atoms with Gasteiger partial charge in [-0.15, -0.1) is 0 Å². The Morgan fingerprint density at radius 1 is 1.32 bits per heavy atom. The van der Waals surface area contributed by atoms with E-state index < -0.39 is 12.5 Å². The number of nitrogens with one attached hydrogen (secondary N) is 1. The number of pyridine rings is 1. The minimum Gasteiger partial charge on any atom is -0.462 e. The summed E-state index contributed by atoms with van der Waals surface area (Å²) in [4.78, 5) is 27.7. The largest absolute Gasteiger partial charge is 0.462 e. The van der Waals surface area contributed by atoms with E-state index in [2.05, 4.69) is 29.0 Å². The third-order valence-electron chi connectivity index (χ3n) is 4.83. The van der Waals surface area contributed by atoms with Crippen molar-refractivity contribution in [1.29, 1.82) is 0 Å². The molecule has 2 rings (SSSR count). The van der Waals surface area contributed by atoms with E-state index in [1.807, 2.05) is 6.07 Å². The predicted octanol–water partition coefficient (Wildman–Crippen LogP) is 4.71. The third kappa shape index (κ3) is 10.2. The Hall–Kier alpha value is -2.43. The molecule has 0 fully saturated rings. The Labute approximate surface area is 202 Å². The van der Waals surface area contributed by atoms with E-state index in [1.165, 1.54) is 0 Å². The summed E-state index contributed by atoms with van der Waals surface area (Å²) in [5, 5.41) is 14.0. The smallest absolute Gasteiger partial charge is 0.446 e. The highest BCUT2D eigenvalue weighted by atomic mass is 35.5. The van der Waals surface area contributed by atoms with Gasteiger partial charge >= 0.3 is 12.1 Å². The van der Waals surface area contributed by atoms with Crippen LogP contribution in [0.2, 0.25) is 5.02 Å². The average molecular weight is 506 g/mol. The lowest BCUT2D eigenvalue weighted by Crippen LogP contribution is -2.29. The number of carbonyl (C=O) groups excluding carboxylic acids is 2. The fraction of sp³-hybridized carbons (Fsp3) is 0.522. The van der Waals surface area contributed by atoms with Crippen LogP contribution in [-0.2, 0) is 9.53 Å². The molecule has 0 bridgehead atoms. The molecule has 2 N–H and O–H groups in total. The second-order valence-electron chi connectivity index (χ2n) is 7.43. The first-order valence-electron chi connectivity index (χ1n) is 10.9. The fourth-order valence-electron chi connectivity index (χ4n) is 3.19. The number of aromatic nitrogens is 1. The summed E-state index contributed by atoms with van der Waals surface area (Å²) in [6.45, 7) is 9.01. The molecule has 1 heterocycles. The van der Waals surface area contributed by atoms with Gasteiger partial charge in [-0.3, -0.25) is 9.78 Å². The lowest BCUT2D eigenvalue weighted by Gasteiger charge is -2.22. The van der Waals surface area contributed by atoms with E-state index in [-0.39, 0.29) is 18.6 Å². The summed E-state index contributed by atoms with van der Waals surface area (Å²) in [6.07, 6.45) is -2.23. The molecule has 1 unspecified atom stereocenters. The number of aldehydes is 1. The highest BCUT2D eigenvalue weighted by Crippen LogP contribution is 2.29. The van der Waals surface area contributed by atoms with Crippen molar-refractivity contribution in [1.82, 2.24) is 9.88 Å². The number of aliphatic hydroxyl groups is 1. The average Bonchev–Trinajstić information content (AvgIpc) is 2.78. The first-order chi connectivity index (χ1) is 16.1. The standard InChI is InChI=1S/C21H30ClN3O3.C2HF3O/c1-4-25(11-12-26)10-6-7-15(3)24-20-17-9-8-16(22)13-19(17)23-14-18(20)21(27)28-5-2;3-2(4,5)1-6/h8-9,13-15,26H,4-7,10-12H2,1-3H3,(H,23,24);1H. The van der Waals surface area contributed by atoms with Crippen LogP contribution in [0.3, 0.4) is 0 Å². The molecule has 0 aliphatic carbocycles. The molecule has 190 valence electrons. The summed E-state index contributed by atoms with van der Waals surface area (Å²) in [5.41, 5.74) is 1.89. The van der Waals surface area contributed by atoms with Gasteiger partial charge < -0.3 is 20.1 Å². The molecular formula is C23H31ClF3N3O4. The Bertz CT molecular complexity index is 928. The summed E-state index contributed by atoms with van der Waals surface area (Å²) < 4.78 is 36.5. The maximum atomic E-state index is 12.4. The molecule has 1 aromatic carbocycles. The quantitative estimate of drug-likeness (QED) is 0.337. The molecular weight excluding hydrogens is 475 g/mol. The zero-order valence-corrected chi connectivity index (χ0v) is 20.2. The van der Waals surface area contributed by atoms with Gasteiger partial charge in [0.25, 0.3) is 0 Å². The lowest BCUT2D eigenvalue weighted by atomic mass is 10.1. The van der Waals surface area contributed by atoms with Gasteiger partial charge in [-0.25, -0.2) is 4.79 Å². The summed E-state index contributed by atoms with van der Waals surface area (Å²) in [7, 11) is 0. The van der Waals surface area contributed by atoms with Gasteiger partial charge in [0.15, 0.2) is 0 Å². The molecule has 7 nitrogen and oxygen atoms in total. The van der Waals surface area contributed by atoms with Gasteiger partial charge in [-0.2, -0.15) is 13.2 Å².